The molecule has 2 aliphatic rings. The van der Waals surface area contributed by atoms with E-state index in [1.807, 2.05) is 12.1 Å². The van der Waals surface area contributed by atoms with Crippen LogP contribution in [-0.2, 0) is 17.6 Å². The number of aryl methyl sites for hydroxylation is 1. The van der Waals surface area contributed by atoms with E-state index in [0.717, 1.165) is 66.3 Å². The Morgan fingerprint density at radius 2 is 1.94 bits per heavy atom. The van der Waals surface area contributed by atoms with Gasteiger partial charge in [0.15, 0.2) is 0 Å². The summed E-state index contributed by atoms with van der Waals surface area (Å²) in [4.78, 5) is 8.99. The molecule has 31 heavy (non-hydrogen) atoms. The average molecular weight is 444 g/mol. The predicted molar refractivity (Wildman–Crippen MR) is 113 cm³/mol. The van der Waals surface area contributed by atoms with Gasteiger partial charge in [-0.3, -0.25) is 4.98 Å². The van der Waals surface area contributed by atoms with E-state index in [-0.39, 0.29) is 0 Å². The molecule has 9 heteroatoms. The van der Waals surface area contributed by atoms with Crippen molar-refractivity contribution < 1.29 is 25.2 Å². The van der Waals surface area contributed by atoms with E-state index in [9.17, 15) is 25.7 Å². The van der Waals surface area contributed by atoms with Gasteiger partial charge in [-0.25, -0.2) is 4.98 Å². The Morgan fingerprint density at radius 3 is 2.65 bits per heavy atom. The van der Waals surface area contributed by atoms with Crippen LogP contribution >= 0.6 is 11.8 Å². The lowest BCUT2D eigenvalue weighted by molar-refractivity contribution is -0.205. The fraction of sp³-hybridized carbons (Fsp3) is 0.500. The maximum Gasteiger partial charge on any atom is 0.138 e. The van der Waals surface area contributed by atoms with Gasteiger partial charge >= 0.3 is 0 Å². The summed E-state index contributed by atoms with van der Waals surface area (Å²) in [6, 6.07) is 6.01. The van der Waals surface area contributed by atoms with Crippen LogP contribution < -0.4 is 0 Å². The summed E-state index contributed by atoms with van der Waals surface area (Å²) in [5, 5.41) is 50.6. The second-order valence-corrected chi connectivity index (χ2v) is 8.91. The van der Waals surface area contributed by atoms with Gasteiger partial charge in [0.1, 0.15) is 40.9 Å². The van der Waals surface area contributed by atoms with E-state index in [1.54, 1.807) is 12.4 Å². The first-order chi connectivity index (χ1) is 15.0. The Bertz CT molecular complexity index is 966. The molecule has 0 saturated carbocycles. The molecule has 2 aromatic rings. The lowest BCUT2D eigenvalue weighted by atomic mass is 9.93. The van der Waals surface area contributed by atoms with Crippen molar-refractivity contribution in [3.05, 3.63) is 41.3 Å². The van der Waals surface area contributed by atoms with Crippen molar-refractivity contribution in [2.45, 2.75) is 67.0 Å². The molecule has 1 aliphatic carbocycles. The number of pyridine rings is 2. The predicted octanol–water partition coefficient (Wildman–Crippen LogP) is 1.18. The standard InChI is InChI=1S/C22H25N3O5S/c23-9-14-17(12-5-4-8-24-10-12)13-6-2-1-3-7-15(13)25-21(14)31-22-20(29)19(28)18(27)16(11-26)30-22/h4-5,8,10,16,18-20,22,26-29H,1-3,6-7,11H2/t16-,18-,19+,20-,22+/m1/s1. The van der Waals surface area contributed by atoms with E-state index in [1.165, 1.54) is 0 Å². The molecule has 0 radical (unpaired) electrons. The lowest BCUT2D eigenvalue weighted by Crippen LogP contribution is -2.57. The van der Waals surface area contributed by atoms with Crippen LogP contribution in [0.5, 0.6) is 0 Å². The molecule has 0 spiro atoms. The molecule has 0 amide bonds. The zero-order chi connectivity index (χ0) is 22.0. The van der Waals surface area contributed by atoms with Crippen LogP contribution in [0.2, 0.25) is 0 Å². The molecular formula is C22H25N3O5S. The number of rotatable bonds is 4. The number of nitriles is 1. The Morgan fingerprint density at radius 1 is 1.13 bits per heavy atom. The van der Waals surface area contributed by atoms with Crippen LogP contribution in [0.3, 0.4) is 0 Å². The van der Waals surface area contributed by atoms with Crippen molar-refractivity contribution in [1.82, 2.24) is 9.97 Å². The first-order valence-corrected chi connectivity index (χ1v) is 11.3. The first kappa shape index (κ1) is 22.1. The maximum atomic E-state index is 10.5. The van der Waals surface area contributed by atoms with Gasteiger partial charge in [0, 0.05) is 29.2 Å². The number of ether oxygens (including phenoxy) is 1. The largest absolute Gasteiger partial charge is 0.394 e. The number of aliphatic hydroxyl groups excluding tert-OH is 4. The summed E-state index contributed by atoms with van der Waals surface area (Å²) in [7, 11) is 0. The molecule has 0 aromatic carbocycles. The van der Waals surface area contributed by atoms with Gasteiger partial charge in [-0.05, 0) is 37.3 Å². The van der Waals surface area contributed by atoms with Crippen molar-refractivity contribution in [2.24, 2.45) is 0 Å². The summed E-state index contributed by atoms with van der Waals surface area (Å²) in [5.74, 6) is 0. The van der Waals surface area contributed by atoms with Crippen molar-refractivity contribution in [3.8, 4) is 17.2 Å². The molecule has 4 N–H and O–H groups in total. The smallest absolute Gasteiger partial charge is 0.138 e. The minimum atomic E-state index is -1.48. The summed E-state index contributed by atoms with van der Waals surface area (Å²) in [6.07, 6.45) is 2.79. The number of hydrogen-bond acceptors (Lipinski definition) is 9. The summed E-state index contributed by atoms with van der Waals surface area (Å²) in [6.45, 7) is -0.508. The van der Waals surface area contributed by atoms with Gasteiger partial charge in [-0.15, -0.1) is 0 Å². The van der Waals surface area contributed by atoms with Gasteiger partial charge in [-0.2, -0.15) is 5.26 Å². The third-order valence-electron chi connectivity index (χ3n) is 5.83. The summed E-state index contributed by atoms with van der Waals surface area (Å²) < 4.78 is 5.64. The van der Waals surface area contributed by atoms with Crippen molar-refractivity contribution in [2.75, 3.05) is 6.61 Å². The Hall–Kier alpha value is -2.06. The van der Waals surface area contributed by atoms with E-state index in [0.29, 0.717) is 10.6 Å². The highest BCUT2D eigenvalue weighted by atomic mass is 32.2. The van der Waals surface area contributed by atoms with Crippen LogP contribution in [0.25, 0.3) is 11.1 Å². The highest BCUT2D eigenvalue weighted by Crippen LogP contribution is 2.40. The maximum absolute atomic E-state index is 10.5. The Balaban J connectivity index is 1.80. The molecule has 0 bridgehead atoms. The zero-order valence-corrected chi connectivity index (χ0v) is 17.7. The molecule has 3 heterocycles. The molecule has 5 atom stereocenters. The topological polar surface area (TPSA) is 140 Å². The number of thioether (sulfide) groups is 1. The fourth-order valence-corrected chi connectivity index (χ4v) is 5.34. The van der Waals surface area contributed by atoms with E-state index >= 15 is 0 Å². The average Bonchev–Trinajstić information content (AvgIpc) is 3.04. The molecule has 2 aromatic heterocycles. The summed E-state index contributed by atoms with van der Waals surface area (Å²) in [5.41, 5.74) is 2.98. The summed E-state index contributed by atoms with van der Waals surface area (Å²) >= 11 is 1.03. The fourth-order valence-electron chi connectivity index (χ4n) is 4.19. The molecular weight excluding hydrogens is 418 g/mol. The highest BCUT2D eigenvalue weighted by Gasteiger charge is 2.44. The molecule has 1 fully saturated rings. The molecule has 1 aliphatic heterocycles. The van der Waals surface area contributed by atoms with E-state index in [2.05, 4.69) is 11.1 Å². The lowest BCUT2D eigenvalue weighted by Gasteiger charge is -2.39. The van der Waals surface area contributed by atoms with Gasteiger partial charge in [0.2, 0.25) is 0 Å². The minimum Gasteiger partial charge on any atom is -0.394 e. The molecule has 164 valence electrons. The third kappa shape index (κ3) is 4.32. The third-order valence-corrected chi connectivity index (χ3v) is 6.97. The molecule has 1 saturated heterocycles. The normalized spacial score (nSPS) is 28.4. The number of nitrogens with zero attached hydrogens (tertiary/aromatic N) is 3. The minimum absolute atomic E-state index is 0.371. The van der Waals surface area contributed by atoms with Gasteiger partial charge < -0.3 is 25.2 Å². The van der Waals surface area contributed by atoms with Crippen molar-refractivity contribution in [1.29, 1.82) is 5.26 Å². The molecule has 0 unspecified atom stereocenters. The van der Waals surface area contributed by atoms with Crippen LogP contribution in [-0.4, -0.2) is 66.9 Å². The van der Waals surface area contributed by atoms with Gasteiger partial charge in [-0.1, -0.05) is 24.2 Å². The second-order valence-electron chi connectivity index (χ2n) is 7.82. The van der Waals surface area contributed by atoms with Gasteiger partial charge in [0.05, 0.1) is 12.2 Å². The number of hydrogen-bond donors (Lipinski definition) is 4. The SMILES string of the molecule is N#Cc1c(S[C@@H]2O[C@H](CO)[C@@H](O)[C@H](O)[C@H]2O)nc2c(c1-c1cccnc1)CCCCC2. The van der Waals surface area contributed by atoms with E-state index in [4.69, 9.17) is 9.72 Å². The number of aliphatic hydroxyl groups is 4. The van der Waals surface area contributed by atoms with Crippen molar-refractivity contribution >= 4 is 11.8 Å². The monoisotopic (exact) mass is 443 g/mol. The quantitative estimate of drug-likeness (QED) is 0.513. The van der Waals surface area contributed by atoms with E-state index < -0.39 is 36.5 Å². The number of fused-ring (bicyclic) bond motifs is 1. The van der Waals surface area contributed by atoms with Crippen LogP contribution in [0, 0.1) is 11.3 Å². The zero-order valence-electron chi connectivity index (χ0n) is 16.9. The second kappa shape index (κ2) is 9.61. The van der Waals surface area contributed by atoms with Crippen LogP contribution in [0.1, 0.15) is 36.1 Å². The Labute approximate surface area is 184 Å². The highest BCUT2D eigenvalue weighted by molar-refractivity contribution is 7.99. The molecule has 4 rings (SSSR count). The van der Waals surface area contributed by atoms with Gasteiger partial charge in [0.25, 0.3) is 0 Å². The number of aromatic nitrogens is 2. The van der Waals surface area contributed by atoms with Crippen molar-refractivity contribution in [3.63, 3.8) is 0 Å². The molecule has 8 nitrogen and oxygen atoms in total. The Kier molecular flexibility index (Phi) is 6.86. The van der Waals surface area contributed by atoms with Crippen LogP contribution in [0.15, 0.2) is 29.6 Å². The van der Waals surface area contributed by atoms with Crippen LogP contribution in [0.4, 0.5) is 0 Å². The first-order valence-electron chi connectivity index (χ1n) is 10.4.